The minimum atomic E-state index is -0.476. The maximum Gasteiger partial charge on any atom is 0.283 e. The number of hydrogen-bond donors (Lipinski definition) is 2. The quantitative estimate of drug-likeness (QED) is 0.652. The molecule has 2 unspecified atom stereocenters. The number of amides is 1. The predicted molar refractivity (Wildman–Crippen MR) is 79.4 cm³/mol. The van der Waals surface area contributed by atoms with E-state index in [1.54, 1.807) is 6.07 Å². The third-order valence-electron chi connectivity index (χ3n) is 3.50. The van der Waals surface area contributed by atoms with Crippen molar-refractivity contribution in [3.63, 3.8) is 0 Å². The van der Waals surface area contributed by atoms with Gasteiger partial charge in [-0.15, -0.1) is 0 Å². The highest BCUT2D eigenvalue weighted by molar-refractivity contribution is 9.10. The SMILES string of the molecule is NC1CCCC(C(=O)Nc2ccc([N+](=O)[O-])c(Br)c2)C1. The molecule has 0 radical (unpaired) electrons. The van der Waals surface area contributed by atoms with Gasteiger partial charge in [0.1, 0.15) is 0 Å². The Bertz CT molecular complexity index is 536. The summed E-state index contributed by atoms with van der Waals surface area (Å²) in [6.45, 7) is 0. The van der Waals surface area contributed by atoms with Crippen LogP contribution in [-0.2, 0) is 4.79 Å². The van der Waals surface area contributed by atoms with Gasteiger partial charge in [0.15, 0.2) is 0 Å². The van der Waals surface area contributed by atoms with E-state index in [4.69, 9.17) is 5.73 Å². The molecule has 108 valence electrons. The third kappa shape index (κ3) is 3.55. The number of hydrogen-bond acceptors (Lipinski definition) is 4. The van der Waals surface area contributed by atoms with Gasteiger partial charge in [0, 0.05) is 23.7 Å². The predicted octanol–water partition coefficient (Wildman–Crippen LogP) is 2.81. The van der Waals surface area contributed by atoms with Crippen molar-refractivity contribution in [1.82, 2.24) is 0 Å². The third-order valence-corrected chi connectivity index (χ3v) is 4.13. The molecule has 2 rings (SSSR count). The largest absolute Gasteiger partial charge is 0.328 e. The molecule has 0 saturated heterocycles. The Balaban J connectivity index is 2.04. The van der Waals surface area contributed by atoms with Crippen LogP contribution in [-0.4, -0.2) is 16.9 Å². The summed E-state index contributed by atoms with van der Waals surface area (Å²) in [5.74, 6) is -0.145. The maximum absolute atomic E-state index is 12.1. The van der Waals surface area contributed by atoms with Gasteiger partial charge < -0.3 is 11.1 Å². The van der Waals surface area contributed by atoms with E-state index in [0.717, 1.165) is 19.3 Å². The van der Waals surface area contributed by atoms with Crippen LogP contribution in [0.25, 0.3) is 0 Å². The fraction of sp³-hybridized carbons (Fsp3) is 0.462. The first kappa shape index (κ1) is 14.9. The van der Waals surface area contributed by atoms with Crippen molar-refractivity contribution in [1.29, 1.82) is 0 Å². The molecular weight excluding hydrogens is 326 g/mol. The van der Waals surface area contributed by atoms with Gasteiger partial charge in [0.05, 0.1) is 9.40 Å². The summed E-state index contributed by atoms with van der Waals surface area (Å²) in [6, 6.07) is 4.53. The lowest BCUT2D eigenvalue weighted by Gasteiger charge is -2.25. The number of benzene rings is 1. The smallest absolute Gasteiger partial charge is 0.283 e. The topological polar surface area (TPSA) is 98.3 Å². The molecule has 1 aromatic carbocycles. The van der Waals surface area contributed by atoms with Crippen molar-refractivity contribution in [2.75, 3.05) is 5.32 Å². The molecule has 7 heteroatoms. The molecule has 0 bridgehead atoms. The second-order valence-electron chi connectivity index (χ2n) is 5.04. The Morgan fingerprint density at radius 3 is 2.80 bits per heavy atom. The van der Waals surface area contributed by atoms with Gasteiger partial charge in [0.25, 0.3) is 5.69 Å². The average molecular weight is 342 g/mol. The molecule has 1 aromatic rings. The summed E-state index contributed by atoms with van der Waals surface area (Å²) in [5, 5.41) is 13.5. The normalized spacial score (nSPS) is 22.3. The fourth-order valence-electron chi connectivity index (χ4n) is 2.44. The van der Waals surface area contributed by atoms with Gasteiger partial charge >= 0.3 is 0 Å². The highest BCUT2D eigenvalue weighted by Crippen LogP contribution is 2.29. The zero-order chi connectivity index (χ0) is 14.7. The first-order valence-corrected chi connectivity index (χ1v) is 7.27. The molecule has 0 aromatic heterocycles. The first-order chi connectivity index (χ1) is 9.47. The van der Waals surface area contributed by atoms with E-state index in [9.17, 15) is 14.9 Å². The molecule has 3 N–H and O–H groups in total. The summed E-state index contributed by atoms with van der Waals surface area (Å²) in [5.41, 5.74) is 6.39. The molecule has 0 spiro atoms. The molecule has 6 nitrogen and oxygen atoms in total. The lowest BCUT2D eigenvalue weighted by atomic mass is 9.85. The molecule has 1 fully saturated rings. The number of halogens is 1. The van der Waals surface area contributed by atoms with Crippen LogP contribution < -0.4 is 11.1 Å². The number of nitrogens with zero attached hydrogens (tertiary/aromatic N) is 1. The van der Waals surface area contributed by atoms with Crippen LogP contribution in [0.3, 0.4) is 0 Å². The second-order valence-corrected chi connectivity index (χ2v) is 5.89. The molecule has 0 heterocycles. The highest BCUT2D eigenvalue weighted by Gasteiger charge is 2.25. The number of rotatable bonds is 3. The van der Waals surface area contributed by atoms with Crippen LogP contribution in [0.2, 0.25) is 0 Å². The zero-order valence-electron chi connectivity index (χ0n) is 10.8. The maximum atomic E-state index is 12.1. The number of nitrogens with one attached hydrogen (secondary N) is 1. The number of nitro benzene ring substituents is 1. The first-order valence-electron chi connectivity index (χ1n) is 6.47. The minimum Gasteiger partial charge on any atom is -0.328 e. The molecule has 1 aliphatic rings. The van der Waals surface area contributed by atoms with Crippen molar-refractivity contribution in [2.45, 2.75) is 31.7 Å². The van der Waals surface area contributed by atoms with Crippen LogP contribution in [0, 0.1) is 16.0 Å². The molecule has 1 saturated carbocycles. The van der Waals surface area contributed by atoms with Gasteiger partial charge in [-0.1, -0.05) is 6.42 Å². The summed E-state index contributed by atoms with van der Waals surface area (Å²) in [4.78, 5) is 22.4. The van der Waals surface area contributed by atoms with E-state index in [-0.39, 0.29) is 23.6 Å². The lowest BCUT2D eigenvalue weighted by molar-refractivity contribution is -0.385. The monoisotopic (exact) mass is 341 g/mol. The Kier molecular flexibility index (Phi) is 4.72. The van der Waals surface area contributed by atoms with Crippen LogP contribution in [0.1, 0.15) is 25.7 Å². The molecule has 0 aliphatic heterocycles. The Morgan fingerprint density at radius 1 is 1.45 bits per heavy atom. The van der Waals surface area contributed by atoms with Crippen molar-refractivity contribution < 1.29 is 9.72 Å². The number of carbonyl (C=O) groups is 1. The van der Waals surface area contributed by atoms with Gasteiger partial charge in [0.2, 0.25) is 5.91 Å². The minimum absolute atomic E-state index is 0.0253. The zero-order valence-corrected chi connectivity index (χ0v) is 12.4. The van der Waals surface area contributed by atoms with E-state index < -0.39 is 4.92 Å². The Morgan fingerprint density at radius 2 is 2.20 bits per heavy atom. The molecule has 1 aliphatic carbocycles. The number of carbonyl (C=O) groups excluding carboxylic acids is 1. The Labute approximate surface area is 125 Å². The van der Waals surface area contributed by atoms with E-state index in [2.05, 4.69) is 21.2 Å². The number of nitro groups is 1. The summed E-state index contributed by atoms with van der Waals surface area (Å²) in [7, 11) is 0. The molecule has 2 atom stereocenters. The highest BCUT2D eigenvalue weighted by atomic mass is 79.9. The van der Waals surface area contributed by atoms with E-state index in [1.807, 2.05) is 0 Å². The fourth-order valence-corrected chi connectivity index (χ4v) is 2.97. The number of anilines is 1. The molecule has 1 amide bonds. The van der Waals surface area contributed by atoms with Gasteiger partial charge in [-0.25, -0.2) is 0 Å². The number of nitrogens with two attached hydrogens (primary N) is 1. The lowest BCUT2D eigenvalue weighted by Crippen LogP contribution is -2.34. The van der Waals surface area contributed by atoms with Crippen molar-refractivity contribution >= 4 is 33.2 Å². The van der Waals surface area contributed by atoms with Crippen LogP contribution in [0.15, 0.2) is 22.7 Å². The van der Waals surface area contributed by atoms with Crippen molar-refractivity contribution in [2.24, 2.45) is 11.7 Å². The van der Waals surface area contributed by atoms with E-state index in [1.165, 1.54) is 12.1 Å². The average Bonchev–Trinajstić information content (AvgIpc) is 2.38. The van der Waals surface area contributed by atoms with Crippen LogP contribution in [0.5, 0.6) is 0 Å². The van der Waals surface area contributed by atoms with E-state index in [0.29, 0.717) is 16.6 Å². The van der Waals surface area contributed by atoms with E-state index >= 15 is 0 Å². The Hall–Kier alpha value is -1.47. The van der Waals surface area contributed by atoms with Gasteiger partial charge in [-0.05, 0) is 47.3 Å². The summed E-state index contributed by atoms with van der Waals surface area (Å²) in [6.07, 6.45) is 3.46. The molecular formula is C13H16BrN3O3. The van der Waals surface area contributed by atoms with Gasteiger partial charge in [-0.2, -0.15) is 0 Å². The van der Waals surface area contributed by atoms with Crippen molar-refractivity contribution in [3.8, 4) is 0 Å². The van der Waals surface area contributed by atoms with Crippen LogP contribution >= 0.6 is 15.9 Å². The summed E-state index contributed by atoms with van der Waals surface area (Å²) < 4.78 is 0.348. The summed E-state index contributed by atoms with van der Waals surface area (Å²) >= 11 is 3.13. The van der Waals surface area contributed by atoms with Crippen LogP contribution in [0.4, 0.5) is 11.4 Å². The standard InChI is InChI=1S/C13H16BrN3O3/c14-11-7-10(4-5-12(11)17(19)20)16-13(18)8-2-1-3-9(15)6-8/h4-5,7-9H,1-3,6,15H2,(H,16,18). The van der Waals surface area contributed by atoms with Crippen molar-refractivity contribution in [3.05, 3.63) is 32.8 Å². The van der Waals surface area contributed by atoms with Gasteiger partial charge in [-0.3, -0.25) is 14.9 Å². The second kappa shape index (κ2) is 6.32. The molecule has 20 heavy (non-hydrogen) atoms.